The third-order valence-corrected chi connectivity index (χ3v) is 5.19. The molecule has 0 aliphatic carbocycles. The Balaban J connectivity index is 1.29. The number of likely N-dealkylation sites (tertiary alicyclic amines) is 1. The van der Waals surface area contributed by atoms with Gasteiger partial charge in [-0.3, -0.25) is 9.59 Å². The minimum atomic E-state index is -0.161. The van der Waals surface area contributed by atoms with Crippen molar-refractivity contribution >= 4 is 11.8 Å². The highest BCUT2D eigenvalue weighted by Gasteiger charge is 2.31. The van der Waals surface area contributed by atoms with Crippen molar-refractivity contribution in [2.45, 2.75) is 18.9 Å². The second-order valence-corrected chi connectivity index (χ2v) is 7.43. The van der Waals surface area contributed by atoms with Crippen LogP contribution in [0.5, 0.6) is 11.5 Å². The summed E-state index contributed by atoms with van der Waals surface area (Å²) in [5.41, 5.74) is 2.08. The number of ether oxygens (including phenoxy) is 1. The summed E-state index contributed by atoms with van der Waals surface area (Å²) >= 11 is 0. The normalized spacial score (nSPS) is 15.8. The standard InChI is InChI=1S/C25H24N2O3/c28-24(18-27-17-21(15-25(27)29)20-9-3-1-4-10-20)26-16-19-8-7-13-23(14-19)30-22-11-5-2-6-12-22/h1-14,21H,15-18H2,(H,26,28). The molecule has 1 aliphatic heterocycles. The van der Waals surface area contributed by atoms with Gasteiger partial charge in [0, 0.05) is 25.4 Å². The number of hydrogen-bond donors (Lipinski definition) is 1. The van der Waals surface area contributed by atoms with Gasteiger partial charge >= 0.3 is 0 Å². The second-order valence-electron chi connectivity index (χ2n) is 7.43. The van der Waals surface area contributed by atoms with Gasteiger partial charge in [-0.2, -0.15) is 0 Å². The van der Waals surface area contributed by atoms with Crippen molar-refractivity contribution in [3.05, 3.63) is 96.1 Å². The highest BCUT2D eigenvalue weighted by Crippen LogP contribution is 2.27. The molecule has 0 aromatic heterocycles. The van der Waals surface area contributed by atoms with Gasteiger partial charge in [0.25, 0.3) is 0 Å². The van der Waals surface area contributed by atoms with Gasteiger partial charge in [-0.15, -0.1) is 0 Å². The number of nitrogens with zero attached hydrogens (tertiary/aromatic N) is 1. The molecule has 0 saturated carbocycles. The minimum absolute atomic E-state index is 0.0252. The maximum atomic E-state index is 12.4. The van der Waals surface area contributed by atoms with Gasteiger partial charge < -0.3 is 15.0 Å². The number of carbonyl (C=O) groups is 2. The van der Waals surface area contributed by atoms with E-state index >= 15 is 0 Å². The number of hydrogen-bond acceptors (Lipinski definition) is 3. The lowest BCUT2D eigenvalue weighted by Crippen LogP contribution is -2.37. The molecule has 2 amide bonds. The zero-order valence-corrected chi connectivity index (χ0v) is 16.7. The van der Waals surface area contributed by atoms with Crippen LogP contribution < -0.4 is 10.1 Å². The molecule has 5 heteroatoms. The maximum absolute atomic E-state index is 12.4. The summed E-state index contributed by atoms with van der Waals surface area (Å²) < 4.78 is 5.84. The van der Waals surface area contributed by atoms with E-state index in [4.69, 9.17) is 4.74 Å². The Hall–Kier alpha value is -3.60. The molecule has 152 valence electrons. The third-order valence-electron chi connectivity index (χ3n) is 5.19. The number of para-hydroxylation sites is 1. The molecule has 30 heavy (non-hydrogen) atoms. The van der Waals surface area contributed by atoms with Gasteiger partial charge in [0.2, 0.25) is 11.8 Å². The Bertz CT molecular complexity index is 1010. The number of rotatable bonds is 7. The van der Waals surface area contributed by atoms with Crippen molar-refractivity contribution in [2.75, 3.05) is 13.1 Å². The number of carbonyl (C=O) groups excluding carboxylic acids is 2. The highest BCUT2D eigenvalue weighted by molar-refractivity contribution is 5.86. The third kappa shape index (κ3) is 5.06. The molecule has 3 aromatic rings. The van der Waals surface area contributed by atoms with Crippen LogP contribution in [0.1, 0.15) is 23.5 Å². The first-order valence-electron chi connectivity index (χ1n) is 10.1. The van der Waals surface area contributed by atoms with Gasteiger partial charge in [-0.1, -0.05) is 60.7 Å². The summed E-state index contributed by atoms with van der Waals surface area (Å²) in [5.74, 6) is 1.49. The number of amides is 2. The van der Waals surface area contributed by atoms with Crippen molar-refractivity contribution in [1.82, 2.24) is 10.2 Å². The van der Waals surface area contributed by atoms with Crippen LogP contribution in [0.25, 0.3) is 0 Å². The largest absolute Gasteiger partial charge is 0.457 e. The molecule has 1 heterocycles. The van der Waals surface area contributed by atoms with Crippen LogP contribution in [0, 0.1) is 0 Å². The van der Waals surface area contributed by atoms with E-state index in [0.29, 0.717) is 25.3 Å². The molecule has 4 rings (SSSR count). The average Bonchev–Trinajstić information content (AvgIpc) is 3.14. The summed E-state index contributed by atoms with van der Waals surface area (Å²) in [6.07, 6.45) is 0.455. The first kappa shape index (κ1) is 19.7. The summed E-state index contributed by atoms with van der Waals surface area (Å²) in [6.45, 7) is 1.05. The Morgan fingerprint density at radius 3 is 2.40 bits per heavy atom. The van der Waals surface area contributed by atoms with E-state index in [2.05, 4.69) is 5.32 Å². The summed E-state index contributed by atoms with van der Waals surface area (Å²) in [4.78, 5) is 26.4. The van der Waals surface area contributed by atoms with E-state index in [0.717, 1.165) is 16.9 Å². The molecule has 1 unspecified atom stereocenters. The predicted octanol–water partition coefficient (Wildman–Crippen LogP) is 4.11. The van der Waals surface area contributed by atoms with Crippen LogP contribution >= 0.6 is 0 Å². The fraction of sp³-hybridized carbons (Fsp3) is 0.200. The molecule has 0 spiro atoms. The van der Waals surface area contributed by atoms with Crippen molar-refractivity contribution in [3.8, 4) is 11.5 Å². The van der Waals surface area contributed by atoms with Crippen molar-refractivity contribution < 1.29 is 14.3 Å². The predicted molar refractivity (Wildman–Crippen MR) is 115 cm³/mol. The maximum Gasteiger partial charge on any atom is 0.239 e. The van der Waals surface area contributed by atoms with E-state index in [1.807, 2.05) is 84.9 Å². The smallest absolute Gasteiger partial charge is 0.239 e. The van der Waals surface area contributed by atoms with E-state index in [1.54, 1.807) is 4.90 Å². The number of benzene rings is 3. The SMILES string of the molecule is O=C(CN1CC(c2ccccc2)CC1=O)NCc1cccc(Oc2ccccc2)c1. The highest BCUT2D eigenvalue weighted by atomic mass is 16.5. The lowest BCUT2D eigenvalue weighted by atomic mass is 9.99. The average molecular weight is 400 g/mol. The van der Waals surface area contributed by atoms with Gasteiger partial charge in [0.1, 0.15) is 11.5 Å². The monoisotopic (exact) mass is 400 g/mol. The van der Waals surface area contributed by atoms with E-state index in [1.165, 1.54) is 0 Å². The van der Waals surface area contributed by atoms with Gasteiger partial charge in [-0.05, 0) is 35.4 Å². The molecule has 1 fully saturated rings. The van der Waals surface area contributed by atoms with Crippen molar-refractivity contribution in [1.29, 1.82) is 0 Å². The Morgan fingerprint density at radius 1 is 0.933 bits per heavy atom. The lowest BCUT2D eigenvalue weighted by Gasteiger charge is -2.16. The zero-order chi connectivity index (χ0) is 20.8. The molecule has 1 N–H and O–H groups in total. The molecule has 1 aliphatic rings. The zero-order valence-electron chi connectivity index (χ0n) is 16.7. The van der Waals surface area contributed by atoms with E-state index < -0.39 is 0 Å². The number of nitrogens with one attached hydrogen (secondary N) is 1. The van der Waals surface area contributed by atoms with Gasteiger partial charge in [0.15, 0.2) is 0 Å². The molecule has 3 aromatic carbocycles. The topological polar surface area (TPSA) is 58.6 Å². The summed E-state index contributed by atoms with van der Waals surface area (Å²) in [5, 5.41) is 2.90. The first-order valence-corrected chi connectivity index (χ1v) is 10.1. The molecular weight excluding hydrogens is 376 g/mol. The molecule has 1 saturated heterocycles. The van der Waals surface area contributed by atoms with E-state index in [-0.39, 0.29) is 24.3 Å². The van der Waals surface area contributed by atoms with E-state index in [9.17, 15) is 9.59 Å². The Kier molecular flexibility index (Phi) is 6.09. The lowest BCUT2D eigenvalue weighted by molar-refractivity contribution is -0.133. The fourth-order valence-corrected chi connectivity index (χ4v) is 3.65. The second kappa shape index (κ2) is 9.27. The van der Waals surface area contributed by atoms with Crippen LogP contribution in [-0.2, 0) is 16.1 Å². The fourth-order valence-electron chi connectivity index (χ4n) is 3.65. The van der Waals surface area contributed by atoms with Crippen LogP contribution in [-0.4, -0.2) is 29.8 Å². The van der Waals surface area contributed by atoms with Gasteiger partial charge in [-0.25, -0.2) is 0 Å². The van der Waals surface area contributed by atoms with Crippen molar-refractivity contribution in [2.24, 2.45) is 0 Å². The minimum Gasteiger partial charge on any atom is -0.457 e. The molecule has 0 radical (unpaired) electrons. The van der Waals surface area contributed by atoms with Crippen LogP contribution in [0.3, 0.4) is 0 Å². The molecular formula is C25H24N2O3. The van der Waals surface area contributed by atoms with Crippen LogP contribution in [0.2, 0.25) is 0 Å². The van der Waals surface area contributed by atoms with Crippen LogP contribution in [0.15, 0.2) is 84.9 Å². The van der Waals surface area contributed by atoms with Crippen LogP contribution in [0.4, 0.5) is 0 Å². The first-order chi connectivity index (χ1) is 14.7. The molecule has 1 atom stereocenters. The summed E-state index contributed by atoms with van der Waals surface area (Å²) in [7, 11) is 0. The van der Waals surface area contributed by atoms with Gasteiger partial charge in [0.05, 0.1) is 6.54 Å². The Morgan fingerprint density at radius 2 is 1.63 bits per heavy atom. The molecule has 0 bridgehead atoms. The summed E-state index contributed by atoms with van der Waals surface area (Å²) in [6, 6.07) is 27.2. The quantitative estimate of drug-likeness (QED) is 0.649. The van der Waals surface area contributed by atoms with Crippen molar-refractivity contribution in [3.63, 3.8) is 0 Å². The molecule has 5 nitrogen and oxygen atoms in total. The Labute approximate surface area is 176 Å².